The van der Waals surface area contributed by atoms with Gasteiger partial charge in [0.05, 0.1) is 0 Å². The molecule has 0 radical (unpaired) electrons. The van der Waals surface area contributed by atoms with Crippen LogP contribution >= 0.6 is 0 Å². The van der Waals surface area contributed by atoms with E-state index in [1.807, 2.05) is 20.8 Å². The number of fused-ring (bicyclic) bond motifs is 1. The third-order valence-electron chi connectivity index (χ3n) is 3.50. The average molecular weight is 222 g/mol. The van der Waals surface area contributed by atoms with Crippen LogP contribution in [0.3, 0.4) is 0 Å². The van der Waals surface area contributed by atoms with E-state index in [-0.39, 0.29) is 11.6 Å². The Bertz CT molecular complexity index is 320. The summed E-state index contributed by atoms with van der Waals surface area (Å²) in [6.07, 6.45) is 7.03. The van der Waals surface area contributed by atoms with Gasteiger partial charge in [-0.1, -0.05) is 5.57 Å². The zero-order chi connectivity index (χ0) is 11.8. The van der Waals surface area contributed by atoms with Gasteiger partial charge >= 0.3 is 5.97 Å². The summed E-state index contributed by atoms with van der Waals surface area (Å²) in [6, 6.07) is 0. The highest BCUT2D eigenvalue weighted by molar-refractivity contribution is 5.90. The second-order valence-corrected chi connectivity index (χ2v) is 5.99. The summed E-state index contributed by atoms with van der Waals surface area (Å²) in [5.74, 6) is 0.630. The van der Waals surface area contributed by atoms with Crippen molar-refractivity contribution < 1.29 is 9.53 Å². The number of esters is 1. The van der Waals surface area contributed by atoms with Crippen molar-refractivity contribution in [1.82, 2.24) is 0 Å². The molecule has 0 heterocycles. The van der Waals surface area contributed by atoms with Gasteiger partial charge in [-0.2, -0.15) is 0 Å². The zero-order valence-corrected chi connectivity index (χ0v) is 10.6. The maximum atomic E-state index is 12.1. The van der Waals surface area contributed by atoms with Crippen molar-refractivity contribution in [2.75, 3.05) is 0 Å². The van der Waals surface area contributed by atoms with Gasteiger partial charge in [0.2, 0.25) is 0 Å². The van der Waals surface area contributed by atoms with Crippen molar-refractivity contribution >= 4 is 5.97 Å². The molecule has 0 aromatic heterocycles. The fourth-order valence-electron chi connectivity index (χ4n) is 2.89. The molecule has 2 heteroatoms. The second kappa shape index (κ2) is 4.23. The smallest absolute Gasteiger partial charge is 0.334 e. The van der Waals surface area contributed by atoms with E-state index in [1.165, 1.54) is 24.8 Å². The van der Waals surface area contributed by atoms with Crippen molar-refractivity contribution in [3.05, 3.63) is 11.1 Å². The van der Waals surface area contributed by atoms with E-state index < -0.39 is 0 Å². The van der Waals surface area contributed by atoms with Crippen LogP contribution in [-0.4, -0.2) is 11.6 Å². The Hall–Kier alpha value is -0.790. The lowest BCUT2D eigenvalue weighted by atomic mass is 9.85. The number of rotatable bonds is 1. The highest BCUT2D eigenvalue weighted by atomic mass is 16.6. The predicted molar refractivity (Wildman–Crippen MR) is 64.1 cm³/mol. The van der Waals surface area contributed by atoms with Crippen LogP contribution in [0.25, 0.3) is 0 Å². The molecule has 1 fully saturated rings. The van der Waals surface area contributed by atoms with Gasteiger partial charge < -0.3 is 4.74 Å². The monoisotopic (exact) mass is 222 g/mol. The highest BCUT2D eigenvalue weighted by Crippen LogP contribution is 2.42. The van der Waals surface area contributed by atoms with Crippen LogP contribution in [0.4, 0.5) is 0 Å². The third kappa shape index (κ3) is 2.47. The first-order chi connectivity index (χ1) is 7.47. The molecule has 90 valence electrons. The summed E-state index contributed by atoms with van der Waals surface area (Å²) in [6.45, 7) is 5.81. The molecule has 0 aliphatic heterocycles. The zero-order valence-electron chi connectivity index (χ0n) is 10.6. The summed E-state index contributed by atoms with van der Waals surface area (Å²) in [5, 5.41) is 0. The minimum absolute atomic E-state index is 0.0610. The lowest BCUT2D eigenvalue weighted by Crippen LogP contribution is -2.26. The van der Waals surface area contributed by atoms with Crippen LogP contribution < -0.4 is 0 Å². The Morgan fingerprint density at radius 2 is 1.81 bits per heavy atom. The maximum absolute atomic E-state index is 12.1. The predicted octanol–water partition coefficient (Wildman–Crippen LogP) is 3.61. The molecule has 2 aliphatic carbocycles. The largest absolute Gasteiger partial charge is 0.457 e. The number of hydrogen-bond donors (Lipinski definition) is 0. The quantitative estimate of drug-likeness (QED) is 0.633. The molecule has 0 N–H and O–H groups in total. The first-order valence-corrected chi connectivity index (χ1v) is 6.42. The standard InChI is InChI=1S/C14H22O2/c1-14(2,3)16-13(15)12-9-5-7-10-6-4-8-11(10)12/h10H,4-9H2,1-3H3. The number of carbonyl (C=O) groups is 1. The van der Waals surface area contributed by atoms with Gasteiger partial charge in [-0.3, -0.25) is 0 Å². The van der Waals surface area contributed by atoms with E-state index in [0.29, 0.717) is 5.92 Å². The van der Waals surface area contributed by atoms with Crippen LogP contribution in [0, 0.1) is 5.92 Å². The van der Waals surface area contributed by atoms with E-state index in [1.54, 1.807) is 0 Å². The molecule has 0 spiro atoms. The number of carbonyl (C=O) groups excluding carboxylic acids is 1. The minimum Gasteiger partial charge on any atom is -0.457 e. The molecule has 2 nitrogen and oxygen atoms in total. The fourth-order valence-corrected chi connectivity index (χ4v) is 2.89. The Balaban J connectivity index is 2.16. The van der Waals surface area contributed by atoms with Crippen LogP contribution in [0.2, 0.25) is 0 Å². The Kier molecular flexibility index (Phi) is 3.09. The van der Waals surface area contributed by atoms with Gasteiger partial charge in [-0.05, 0) is 65.2 Å². The Morgan fingerprint density at radius 3 is 2.44 bits per heavy atom. The van der Waals surface area contributed by atoms with Crippen LogP contribution in [-0.2, 0) is 9.53 Å². The van der Waals surface area contributed by atoms with E-state index in [9.17, 15) is 4.79 Å². The molecule has 16 heavy (non-hydrogen) atoms. The molecule has 0 aromatic rings. The molecule has 2 rings (SSSR count). The third-order valence-corrected chi connectivity index (χ3v) is 3.50. The van der Waals surface area contributed by atoms with E-state index in [0.717, 1.165) is 24.8 Å². The summed E-state index contributed by atoms with van der Waals surface area (Å²) in [4.78, 5) is 12.1. The molecule has 1 saturated carbocycles. The lowest BCUT2D eigenvalue weighted by molar-refractivity contribution is -0.150. The van der Waals surface area contributed by atoms with Crippen molar-refractivity contribution in [3.63, 3.8) is 0 Å². The van der Waals surface area contributed by atoms with Crippen LogP contribution in [0.5, 0.6) is 0 Å². The highest BCUT2D eigenvalue weighted by Gasteiger charge is 2.31. The first-order valence-electron chi connectivity index (χ1n) is 6.42. The summed E-state index contributed by atoms with van der Waals surface area (Å²) < 4.78 is 5.49. The molecule has 1 atom stereocenters. The normalized spacial score (nSPS) is 25.6. The fraction of sp³-hybridized carbons (Fsp3) is 0.786. The molecule has 0 saturated heterocycles. The number of hydrogen-bond acceptors (Lipinski definition) is 2. The molecule has 0 bridgehead atoms. The summed E-state index contributed by atoms with van der Waals surface area (Å²) >= 11 is 0. The molecular formula is C14H22O2. The second-order valence-electron chi connectivity index (χ2n) is 5.99. The minimum atomic E-state index is -0.365. The van der Waals surface area contributed by atoms with Crippen molar-refractivity contribution in [2.24, 2.45) is 5.92 Å². The SMILES string of the molecule is CC(C)(C)OC(=O)C1=C2CCCC2CCC1. The topological polar surface area (TPSA) is 26.3 Å². The molecule has 2 aliphatic rings. The summed E-state index contributed by atoms with van der Waals surface area (Å²) in [5.41, 5.74) is 2.06. The van der Waals surface area contributed by atoms with Crippen LogP contribution in [0.1, 0.15) is 59.3 Å². The number of allylic oxidation sites excluding steroid dienone is 1. The van der Waals surface area contributed by atoms with E-state index >= 15 is 0 Å². The van der Waals surface area contributed by atoms with Crippen LogP contribution in [0.15, 0.2) is 11.1 Å². The van der Waals surface area contributed by atoms with Gasteiger partial charge in [0.25, 0.3) is 0 Å². The molecule has 1 unspecified atom stereocenters. The van der Waals surface area contributed by atoms with Gasteiger partial charge in [0, 0.05) is 5.57 Å². The molecular weight excluding hydrogens is 200 g/mol. The number of ether oxygens (including phenoxy) is 1. The Morgan fingerprint density at radius 1 is 1.19 bits per heavy atom. The molecule has 0 amide bonds. The maximum Gasteiger partial charge on any atom is 0.334 e. The van der Waals surface area contributed by atoms with Crippen molar-refractivity contribution in [3.8, 4) is 0 Å². The van der Waals surface area contributed by atoms with E-state index in [4.69, 9.17) is 4.74 Å². The Labute approximate surface area is 98.1 Å². The van der Waals surface area contributed by atoms with Crippen molar-refractivity contribution in [2.45, 2.75) is 64.9 Å². The van der Waals surface area contributed by atoms with Gasteiger partial charge in [0.1, 0.15) is 5.60 Å². The average Bonchev–Trinajstić information content (AvgIpc) is 2.61. The van der Waals surface area contributed by atoms with Crippen molar-refractivity contribution in [1.29, 1.82) is 0 Å². The van der Waals surface area contributed by atoms with E-state index in [2.05, 4.69) is 0 Å². The van der Waals surface area contributed by atoms with Gasteiger partial charge in [0.15, 0.2) is 0 Å². The molecule has 0 aromatic carbocycles. The van der Waals surface area contributed by atoms with Gasteiger partial charge in [-0.15, -0.1) is 0 Å². The summed E-state index contributed by atoms with van der Waals surface area (Å²) in [7, 11) is 0. The van der Waals surface area contributed by atoms with Gasteiger partial charge in [-0.25, -0.2) is 4.79 Å². The first kappa shape index (κ1) is 11.7. The lowest BCUT2D eigenvalue weighted by Gasteiger charge is -2.26.